The zero-order valence-corrected chi connectivity index (χ0v) is 18.8. The van der Waals surface area contributed by atoms with Crippen molar-refractivity contribution in [3.63, 3.8) is 0 Å². The Kier molecular flexibility index (Phi) is 6.95. The molecule has 7 nitrogen and oxygen atoms in total. The minimum absolute atomic E-state index is 0.000139. The second-order valence-electron chi connectivity index (χ2n) is 8.48. The Hall–Kier alpha value is -3.06. The third-order valence-corrected chi connectivity index (χ3v) is 6.27. The number of methoxy groups -OCH3 is 1. The number of ether oxygens (including phenoxy) is 2. The molecule has 1 saturated heterocycles. The third-order valence-electron chi connectivity index (χ3n) is 6.27. The van der Waals surface area contributed by atoms with E-state index in [4.69, 9.17) is 9.47 Å². The molecule has 4 rings (SSSR count). The van der Waals surface area contributed by atoms with Crippen LogP contribution in [-0.2, 0) is 16.0 Å². The van der Waals surface area contributed by atoms with Gasteiger partial charge in [0.25, 0.3) is 0 Å². The summed E-state index contributed by atoms with van der Waals surface area (Å²) in [4.78, 5) is 28.9. The van der Waals surface area contributed by atoms with Gasteiger partial charge in [0, 0.05) is 44.4 Å². The van der Waals surface area contributed by atoms with Crippen LogP contribution in [0.2, 0.25) is 0 Å². The van der Waals surface area contributed by atoms with Gasteiger partial charge >= 0.3 is 5.97 Å². The number of nitrogens with zero attached hydrogens (tertiary/aromatic N) is 2. The maximum absolute atomic E-state index is 12.6. The fraction of sp³-hybridized carbons (Fsp3) is 0.440. The molecule has 0 radical (unpaired) electrons. The molecular weight excluding hydrogens is 406 g/mol. The van der Waals surface area contributed by atoms with E-state index in [1.165, 1.54) is 0 Å². The molecule has 1 unspecified atom stereocenters. The van der Waals surface area contributed by atoms with E-state index in [0.717, 1.165) is 68.3 Å². The monoisotopic (exact) mass is 437 g/mol. The van der Waals surface area contributed by atoms with Gasteiger partial charge in [-0.25, -0.2) is 0 Å². The molecular formula is C25H31N3O4. The van der Waals surface area contributed by atoms with E-state index in [9.17, 15) is 9.59 Å². The quantitative estimate of drug-likeness (QED) is 0.529. The number of nitrogens with one attached hydrogen (secondary N) is 1. The summed E-state index contributed by atoms with van der Waals surface area (Å²) in [5.74, 6) is 0.944. The molecule has 2 aromatic rings. The first-order valence-corrected chi connectivity index (χ1v) is 11.3. The first-order chi connectivity index (χ1) is 15.5. The molecule has 0 aliphatic carbocycles. The summed E-state index contributed by atoms with van der Waals surface area (Å²) < 4.78 is 11.1. The average molecular weight is 438 g/mol. The van der Waals surface area contributed by atoms with Crippen molar-refractivity contribution in [1.82, 2.24) is 4.90 Å². The Morgan fingerprint density at radius 1 is 1.09 bits per heavy atom. The number of carbonyl (C=O) groups is 2. The summed E-state index contributed by atoms with van der Waals surface area (Å²) in [5.41, 5.74) is 2.95. The van der Waals surface area contributed by atoms with Crippen molar-refractivity contribution in [3.05, 3.63) is 48.0 Å². The largest absolute Gasteiger partial charge is 0.495 e. The van der Waals surface area contributed by atoms with Crippen LogP contribution < -0.4 is 19.7 Å². The molecule has 2 aromatic carbocycles. The van der Waals surface area contributed by atoms with Gasteiger partial charge < -0.3 is 19.7 Å². The third kappa shape index (κ3) is 5.22. The van der Waals surface area contributed by atoms with Gasteiger partial charge in [-0.2, -0.15) is 0 Å². The number of para-hydroxylation sites is 2. The summed E-state index contributed by atoms with van der Waals surface area (Å²) in [6, 6.07) is 13.6. The van der Waals surface area contributed by atoms with Crippen LogP contribution in [-0.4, -0.2) is 56.6 Å². The summed E-state index contributed by atoms with van der Waals surface area (Å²) in [5, 5.41) is 2.84. The average Bonchev–Trinajstić information content (AvgIpc) is 2.82. The molecule has 2 heterocycles. The summed E-state index contributed by atoms with van der Waals surface area (Å²) in [6.45, 7) is 6.53. The number of rotatable bonds is 7. The number of amides is 1. The lowest BCUT2D eigenvalue weighted by Gasteiger charge is -2.36. The zero-order chi connectivity index (χ0) is 22.5. The molecule has 1 fully saturated rings. The van der Waals surface area contributed by atoms with Crippen LogP contribution in [0.1, 0.15) is 25.3 Å². The molecule has 0 aromatic heterocycles. The summed E-state index contributed by atoms with van der Waals surface area (Å²) in [6.07, 6.45) is 1.96. The van der Waals surface area contributed by atoms with E-state index in [1.54, 1.807) is 19.2 Å². The molecule has 1 N–H and O–H groups in total. The molecule has 0 saturated carbocycles. The van der Waals surface area contributed by atoms with Crippen molar-refractivity contribution in [2.24, 2.45) is 5.92 Å². The number of hydrogen-bond acceptors (Lipinski definition) is 6. The number of anilines is 2. The highest BCUT2D eigenvalue weighted by Gasteiger charge is 2.22. The van der Waals surface area contributed by atoms with Crippen molar-refractivity contribution in [2.75, 3.05) is 50.1 Å². The van der Waals surface area contributed by atoms with Crippen LogP contribution in [0.15, 0.2) is 42.5 Å². The molecule has 0 spiro atoms. The highest BCUT2D eigenvalue weighted by atomic mass is 16.5. The van der Waals surface area contributed by atoms with Crippen LogP contribution in [0.25, 0.3) is 0 Å². The lowest BCUT2D eigenvalue weighted by Crippen LogP contribution is -2.47. The van der Waals surface area contributed by atoms with E-state index in [1.807, 2.05) is 31.2 Å². The van der Waals surface area contributed by atoms with Gasteiger partial charge in [-0.3, -0.25) is 14.5 Å². The Morgan fingerprint density at radius 3 is 2.66 bits per heavy atom. The number of carbonyl (C=O) groups excluding carboxylic acids is 2. The van der Waals surface area contributed by atoms with Crippen molar-refractivity contribution in [2.45, 2.75) is 26.2 Å². The van der Waals surface area contributed by atoms with Gasteiger partial charge in [0.05, 0.1) is 18.7 Å². The maximum atomic E-state index is 12.6. The first-order valence-electron chi connectivity index (χ1n) is 11.3. The molecule has 2 aliphatic rings. The fourth-order valence-electron chi connectivity index (χ4n) is 4.23. The van der Waals surface area contributed by atoms with Crippen molar-refractivity contribution in [1.29, 1.82) is 0 Å². The van der Waals surface area contributed by atoms with Gasteiger partial charge in [-0.1, -0.05) is 25.1 Å². The van der Waals surface area contributed by atoms with E-state index in [-0.39, 0.29) is 17.8 Å². The molecule has 1 amide bonds. The molecule has 7 heteroatoms. The Labute approximate surface area is 189 Å². The van der Waals surface area contributed by atoms with Crippen molar-refractivity contribution >= 4 is 23.3 Å². The van der Waals surface area contributed by atoms with Crippen LogP contribution in [0.4, 0.5) is 11.4 Å². The lowest BCUT2D eigenvalue weighted by atomic mass is 10.0. The smallest absolute Gasteiger partial charge is 0.314 e. The number of benzene rings is 2. The van der Waals surface area contributed by atoms with Crippen LogP contribution in [0.5, 0.6) is 11.5 Å². The normalized spacial score (nSPS) is 17.3. The number of piperazine rings is 1. The molecule has 32 heavy (non-hydrogen) atoms. The zero-order valence-electron chi connectivity index (χ0n) is 18.8. The maximum Gasteiger partial charge on any atom is 0.314 e. The minimum atomic E-state index is -0.236. The molecule has 1 atom stereocenters. The number of hydrogen-bond donors (Lipinski definition) is 1. The van der Waals surface area contributed by atoms with Gasteiger partial charge in [0.1, 0.15) is 11.5 Å². The second kappa shape index (κ2) is 10.0. The highest BCUT2D eigenvalue weighted by Crippen LogP contribution is 2.29. The van der Waals surface area contributed by atoms with E-state index < -0.39 is 0 Å². The molecule has 0 bridgehead atoms. The van der Waals surface area contributed by atoms with Crippen LogP contribution in [0, 0.1) is 5.92 Å². The van der Waals surface area contributed by atoms with Gasteiger partial charge in [-0.05, 0) is 43.1 Å². The van der Waals surface area contributed by atoms with Gasteiger partial charge in [0.2, 0.25) is 5.91 Å². The standard InChI is InChI=1S/C25H31N3O4/c1-18(25(30)32-20-9-7-19-8-10-24(29)26-21(19)17-20)11-12-27-13-15-28(16-14-27)22-5-3-4-6-23(22)31-2/h3-7,9,17-18H,8,10-16H2,1-2H3,(H,26,29). The Balaban J connectivity index is 1.24. The van der Waals surface area contributed by atoms with E-state index in [0.29, 0.717) is 12.2 Å². The van der Waals surface area contributed by atoms with Crippen molar-refractivity contribution in [3.8, 4) is 11.5 Å². The van der Waals surface area contributed by atoms with Crippen LogP contribution in [0.3, 0.4) is 0 Å². The fourth-order valence-corrected chi connectivity index (χ4v) is 4.23. The number of esters is 1. The molecule has 170 valence electrons. The Morgan fingerprint density at radius 2 is 1.88 bits per heavy atom. The second-order valence-corrected chi connectivity index (χ2v) is 8.48. The topological polar surface area (TPSA) is 71.1 Å². The predicted molar refractivity (Wildman–Crippen MR) is 124 cm³/mol. The van der Waals surface area contributed by atoms with Crippen LogP contribution >= 0.6 is 0 Å². The SMILES string of the molecule is COc1ccccc1N1CCN(CCC(C)C(=O)Oc2ccc3c(c2)NC(=O)CC3)CC1. The van der Waals surface area contributed by atoms with E-state index in [2.05, 4.69) is 21.2 Å². The lowest BCUT2D eigenvalue weighted by molar-refractivity contribution is -0.138. The highest BCUT2D eigenvalue weighted by molar-refractivity contribution is 5.94. The predicted octanol–water partition coefficient (Wildman–Crippen LogP) is 3.33. The van der Waals surface area contributed by atoms with Gasteiger partial charge in [-0.15, -0.1) is 0 Å². The van der Waals surface area contributed by atoms with Crippen molar-refractivity contribution < 1.29 is 19.1 Å². The summed E-state index contributed by atoms with van der Waals surface area (Å²) >= 11 is 0. The molecule has 2 aliphatic heterocycles. The number of fused-ring (bicyclic) bond motifs is 1. The van der Waals surface area contributed by atoms with E-state index >= 15 is 0 Å². The minimum Gasteiger partial charge on any atom is -0.495 e. The summed E-state index contributed by atoms with van der Waals surface area (Å²) in [7, 11) is 1.70. The first kappa shape index (κ1) is 22.1. The van der Waals surface area contributed by atoms with Gasteiger partial charge in [0.15, 0.2) is 0 Å². The Bertz CT molecular complexity index is 969. The number of aryl methyl sites for hydroxylation is 1.